The van der Waals surface area contributed by atoms with Gasteiger partial charge >= 0.3 is 5.97 Å². The molecule has 0 aliphatic carbocycles. The average Bonchev–Trinajstić information content (AvgIpc) is 2.05. The first-order valence-corrected chi connectivity index (χ1v) is 3.28. The number of phenolic OH excluding ortho intramolecular Hbond substituents is 1. The Kier molecular flexibility index (Phi) is 5.73. The zero-order chi connectivity index (χ0) is 8.97. The van der Waals surface area contributed by atoms with Crippen LogP contribution in [0.1, 0.15) is 10.4 Å². The van der Waals surface area contributed by atoms with E-state index in [1.807, 2.05) is 0 Å². The van der Waals surface area contributed by atoms with E-state index in [-0.39, 0.29) is 40.9 Å². The molecule has 5 heteroatoms. The fourth-order valence-electron chi connectivity index (χ4n) is 0.767. The van der Waals surface area contributed by atoms with Crippen molar-refractivity contribution < 1.29 is 19.7 Å². The van der Waals surface area contributed by atoms with Gasteiger partial charge in [-0.1, -0.05) is 12.1 Å². The fraction of sp³-hybridized carbons (Fsp3) is 0.125. The first-order valence-electron chi connectivity index (χ1n) is 3.28. The summed E-state index contributed by atoms with van der Waals surface area (Å²) >= 11 is 0. The molecule has 0 saturated carbocycles. The van der Waals surface area contributed by atoms with Crippen LogP contribution >= 0.6 is 0 Å². The van der Waals surface area contributed by atoms with Gasteiger partial charge in [0.25, 0.3) is 0 Å². The van der Waals surface area contributed by atoms with Crippen molar-refractivity contribution in [3.63, 3.8) is 0 Å². The van der Waals surface area contributed by atoms with Gasteiger partial charge in [-0.05, 0) is 12.1 Å². The smallest absolute Gasteiger partial charge is 0.376 e. The van der Waals surface area contributed by atoms with E-state index >= 15 is 0 Å². The quantitative estimate of drug-likeness (QED) is 0.425. The molecule has 13 heavy (non-hydrogen) atoms. The van der Waals surface area contributed by atoms with Crippen LogP contribution in [0.4, 0.5) is 0 Å². The molecule has 0 heterocycles. The molecule has 0 aliphatic rings. The Morgan fingerprint density at radius 1 is 1.38 bits per heavy atom. The Hall–Kier alpha value is -0.550. The molecule has 0 bridgehead atoms. The molecule has 1 radical (unpaired) electrons. The van der Waals surface area contributed by atoms with Crippen molar-refractivity contribution in [3.8, 4) is 5.75 Å². The molecule has 0 saturated heterocycles. The topological polar surface area (TPSA) is 55.8 Å². The molecule has 1 N–H and O–H groups in total. The Morgan fingerprint density at radius 3 is 2.54 bits per heavy atom. The molecule has 65 valence electrons. The van der Waals surface area contributed by atoms with Crippen molar-refractivity contribution in [2.24, 2.45) is 0 Å². The second kappa shape index (κ2) is 5.99. The molecule has 0 amide bonds. The van der Waals surface area contributed by atoms with Crippen LogP contribution in [-0.4, -0.2) is 47.7 Å². The van der Waals surface area contributed by atoms with Gasteiger partial charge in [0.05, 0.1) is 7.11 Å². The summed E-state index contributed by atoms with van der Waals surface area (Å²) in [5, 5.41) is 9.15. The zero-order valence-corrected chi connectivity index (χ0v) is 9.48. The molecule has 0 atom stereocenters. The number of carbonyl (C=O) groups is 1. The van der Waals surface area contributed by atoms with Crippen LogP contribution < -0.4 is 0 Å². The van der Waals surface area contributed by atoms with Crippen LogP contribution in [0.25, 0.3) is 0 Å². The van der Waals surface area contributed by atoms with Crippen LogP contribution in [0.2, 0.25) is 0 Å². The number of benzene rings is 1. The Bertz CT molecular complexity index is 287. The maximum Gasteiger partial charge on any atom is 0.376 e. The average molecular weight is 191 g/mol. The third-order valence-corrected chi connectivity index (χ3v) is 1.28. The van der Waals surface area contributed by atoms with Gasteiger partial charge in [-0.3, -0.25) is 4.89 Å². The van der Waals surface area contributed by atoms with Crippen LogP contribution in [0.5, 0.6) is 5.75 Å². The van der Waals surface area contributed by atoms with Gasteiger partial charge in [-0.15, -0.1) is 0 Å². The molecule has 1 rings (SSSR count). The number of carbonyl (C=O) groups excluding carboxylic acids is 1. The van der Waals surface area contributed by atoms with E-state index in [1.165, 1.54) is 19.2 Å². The molecule has 1 aromatic carbocycles. The molecule has 0 aromatic heterocycles. The van der Waals surface area contributed by atoms with Gasteiger partial charge in [-0.2, -0.15) is 4.89 Å². The summed E-state index contributed by atoms with van der Waals surface area (Å²) in [5.74, 6) is -0.838. The van der Waals surface area contributed by atoms with E-state index in [4.69, 9.17) is 5.11 Å². The number of hydrogen-bond acceptors (Lipinski definition) is 4. The summed E-state index contributed by atoms with van der Waals surface area (Å²) < 4.78 is 0. The maximum absolute atomic E-state index is 11.0. The molecule has 0 aliphatic heterocycles. The summed E-state index contributed by atoms with van der Waals surface area (Å²) in [7, 11) is 1.22. The molecule has 1 aromatic rings. The zero-order valence-electron chi connectivity index (χ0n) is 7.48. The number of rotatable bonds is 2. The van der Waals surface area contributed by atoms with Crippen LogP contribution in [-0.2, 0) is 9.78 Å². The van der Waals surface area contributed by atoms with Gasteiger partial charge in [0.15, 0.2) is 0 Å². The SMILES string of the molecule is COOC(=O)c1ccccc1O.[Na]. The van der Waals surface area contributed by atoms with E-state index < -0.39 is 5.97 Å². The normalized spacial score (nSPS) is 8.69. The first-order chi connectivity index (χ1) is 5.75. The van der Waals surface area contributed by atoms with Crippen molar-refractivity contribution in [1.29, 1.82) is 0 Å². The molecule has 4 nitrogen and oxygen atoms in total. The van der Waals surface area contributed by atoms with Gasteiger partial charge < -0.3 is 5.11 Å². The van der Waals surface area contributed by atoms with Gasteiger partial charge in [-0.25, -0.2) is 4.79 Å². The minimum Gasteiger partial charge on any atom is -0.507 e. The van der Waals surface area contributed by atoms with Crippen molar-refractivity contribution in [2.45, 2.75) is 0 Å². The minimum atomic E-state index is -0.712. The van der Waals surface area contributed by atoms with E-state index in [9.17, 15) is 4.79 Å². The third kappa shape index (κ3) is 3.36. The Morgan fingerprint density at radius 2 is 2.00 bits per heavy atom. The van der Waals surface area contributed by atoms with E-state index in [1.54, 1.807) is 12.1 Å². The predicted molar refractivity (Wildman–Crippen MR) is 46.3 cm³/mol. The number of hydrogen-bond donors (Lipinski definition) is 1. The standard InChI is InChI=1S/C8H8O4.Na/c1-11-12-8(10)6-4-2-3-5-7(6)9;/h2-5,9H,1H3;. The largest absolute Gasteiger partial charge is 0.507 e. The van der Waals surface area contributed by atoms with Crippen molar-refractivity contribution in [1.82, 2.24) is 0 Å². The Balaban J connectivity index is 0.00000144. The molecule has 0 fully saturated rings. The van der Waals surface area contributed by atoms with E-state index in [0.29, 0.717) is 0 Å². The summed E-state index contributed by atoms with van der Waals surface area (Å²) in [6.45, 7) is 0. The van der Waals surface area contributed by atoms with Crippen LogP contribution in [0, 0.1) is 0 Å². The van der Waals surface area contributed by atoms with Crippen LogP contribution in [0.15, 0.2) is 24.3 Å². The van der Waals surface area contributed by atoms with Gasteiger partial charge in [0, 0.05) is 29.6 Å². The van der Waals surface area contributed by atoms with E-state index in [2.05, 4.69) is 9.78 Å². The summed E-state index contributed by atoms with van der Waals surface area (Å²) in [4.78, 5) is 19.3. The van der Waals surface area contributed by atoms with Crippen molar-refractivity contribution >= 4 is 35.5 Å². The second-order valence-electron chi connectivity index (χ2n) is 2.05. The monoisotopic (exact) mass is 191 g/mol. The van der Waals surface area contributed by atoms with Crippen molar-refractivity contribution in [2.75, 3.05) is 7.11 Å². The van der Waals surface area contributed by atoms with Crippen molar-refractivity contribution in [3.05, 3.63) is 29.8 Å². The fourth-order valence-corrected chi connectivity index (χ4v) is 0.767. The maximum atomic E-state index is 11.0. The predicted octanol–water partition coefficient (Wildman–Crippen LogP) is 0.730. The first kappa shape index (κ1) is 12.4. The summed E-state index contributed by atoms with van der Waals surface area (Å²) in [5.41, 5.74) is 0.0827. The number of para-hydroxylation sites is 1. The molecule has 0 spiro atoms. The number of aromatic hydroxyl groups is 1. The van der Waals surface area contributed by atoms with Crippen LogP contribution in [0.3, 0.4) is 0 Å². The Labute approximate surface area is 97.7 Å². The van der Waals surface area contributed by atoms with E-state index in [0.717, 1.165) is 0 Å². The van der Waals surface area contributed by atoms with Gasteiger partial charge in [0.2, 0.25) is 0 Å². The molecular formula is C8H8NaO4. The summed E-state index contributed by atoms with van der Waals surface area (Å²) in [6, 6.07) is 6.06. The number of phenols is 1. The summed E-state index contributed by atoms with van der Waals surface area (Å²) in [6.07, 6.45) is 0. The second-order valence-corrected chi connectivity index (χ2v) is 2.05. The third-order valence-electron chi connectivity index (χ3n) is 1.28. The molecule has 0 unspecified atom stereocenters. The van der Waals surface area contributed by atoms with Gasteiger partial charge in [0.1, 0.15) is 11.3 Å². The minimum absolute atomic E-state index is 0. The molecular weight excluding hydrogens is 183 g/mol.